The number of alkyl halides is 3. The predicted octanol–water partition coefficient (Wildman–Crippen LogP) is 3.31. The molecule has 1 unspecified atom stereocenters. The number of halogens is 4. The third kappa shape index (κ3) is 4.82. The van der Waals surface area contributed by atoms with Crippen LogP contribution in [0, 0.1) is 5.92 Å². The highest BCUT2D eigenvalue weighted by Crippen LogP contribution is 2.32. The monoisotopic (exact) mass is 413 g/mol. The fraction of sp³-hybridized carbons (Fsp3) is 0.562. The number of ether oxygens (including phenoxy) is 1. The quantitative estimate of drug-likeness (QED) is 0.743. The fourth-order valence-corrected chi connectivity index (χ4v) is 4.93. The van der Waals surface area contributed by atoms with Gasteiger partial charge in [-0.3, -0.25) is 4.79 Å². The van der Waals surface area contributed by atoms with E-state index in [2.05, 4.69) is 4.74 Å². The third-order valence-corrected chi connectivity index (χ3v) is 6.66. The van der Waals surface area contributed by atoms with E-state index in [1.165, 1.54) is 4.90 Å². The van der Waals surface area contributed by atoms with Crippen molar-refractivity contribution in [3.05, 3.63) is 23.2 Å². The van der Waals surface area contributed by atoms with Crippen LogP contribution in [0.4, 0.5) is 13.2 Å². The molecule has 1 fully saturated rings. The lowest BCUT2D eigenvalue weighted by molar-refractivity contribution is -0.153. The summed E-state index contributed by atoms with van der Waals surface area (Å²) in [5.41, 5.74) is 0. The van der Waals surface area contributed by atoms with E-state index in [-0.39, 0.29) is 40.5 Å². The molecule has 0 saturated carbocycles. The van der Waals surface area contributed by atoms with Gasteiger partial charge in [0.2, 0.25) is 5.91 Å². The minimum absolute atomic E-state index is 0.0714. The lowest BCUT2D eigenvalue weighted by Crippen LogP contribution is -2.34. The van der Waals surface area contributed by atoms with Crippen LogP contribution in [-0.2, 0) is 14.6 Å². The molecule has 1 aromatic carbocycles. The molecule has 0 spiro atoms. The Morgan fingerprint density at radius 1 is 1.38 bits per heavy atom. The first-order valence-corrected chi connectivity index (χ1v) is 9.86. The van der Waals surface area contributed by atoms with Crippen LogP contribution < -0.4 is 4.74 Å². The van der Waals surface area contributed by atoms with Crippen molar-refractivity contribution in [3.63, 3.8) is 0 Å². The maximum Gasteiger partial charge on any atom is 0.422 e. The summed E-state index contributed by atoms with van der Waals surface area (Å²) in [6.45, 7) is 2.39. The summed E-state index contributed by atoms with van der Waals surface area (Å²) in [7, 11) is -3.83. The summed E-state index contributed by atoms with van der Waals surface area (Å²) >= 11 is 5.97. The summed E-state index contributed by atoms with van der Waals surface area (Å²) in [5.74, 6) is -0.524. The van der Waals surface area contributed by atoms with Gasteiger partial charge in [-0.15, -0.1) is 0 Å². The Morgan fingerprint density at radius 3 is 2.58 bits per heavy atom. The normalized spacial score (nSPS) is 18.4. The average Bonchev–Trinajstić information content (AvgIpc) is 3.01. The van der Waals surface area contributed by atoms with Gasteiger partial charge in [0.1, 0.15) is 5.75 Å². The molecule has 1 atom stereocenters. The van der Waals surface area contributed by atoms with Crippen molar-refractivity contribution in [1.82, 2.24) is 4.90 Å². The van der Waals surface area contributed by atoms with Gasteiger partial charge in [-0.1, -0.05) is 25.4 Å². The van der Waals surface area contributed by atoms with Crippen LogP contribution in [0.3, 0.4) is 0 Å². The van der Waals surface area contributed by atoms with Crippen LogP contribution in [0.5, 0.6) is 5.75 Å². The van der Waals surface area contributed by atoms with Crippen molar-refractivity contribution in [3.8, 4) is 5.75 Å². The summed E-state index contributed by atoms with van der Waals surface area (Å²) in [6, 6.07) is 3.32. The number of nitrogens with zero attached hydrogens (tertiary/aromatic N) is 1. The van der Waals surface area contributed by atoms with Crippen molar-refractivity contribution < 1.29 is 31.1 Å². The third-order valence-electron chi connectivity index (χ3n) is 4.00. The molecule has 26 heavy (non-hydrogen) atoms. The number of hydrogen-bond donors (Lipinski definition) is 0. The van der Waals surface area contributed by atoms with E-state index in [1.54, 1.807) is 13.8 Å². The molecule has 0 aromatic heterocycles. The minimum Gasteiger partial charge on any atom is -0.484 e. The molecule has 1 aliphatic heterocycles. The number of amides is 1. The van der Waals surface area contributed by atoms with Crippen LogP contribution in [0.15, 0.2) is 23.1 Å². The Bertz CT molecular complexity index is 780. The Labute approximate surface area is 155 Å². The predicted molar refractivity (Wildman–Crippen MR) is 90.0 cm³/mol. The lowest BCUT2D eigenvalue weighted by Gasteiger charge is -2.19. The maximum atomic E-state index is 12.8. The number of likely N-dealkylation sites (tertiary alicyclic amines) is 1. The molecule has 0 radical (unpaired) electrons. The van der Waals surface area contributed by atoms with Crippen LogP contribution in [0.25, 0.3) is 0 Å². The van der Waals surface area contributed by atoms with E-state index in [0.29, 0.717) is 6.54 Å². The Morgan fingerprint density at radius 2 is 2.04 bits per heavy atom. The van der Waals surface area contributed by atoms with Gasteiger partial charge < -0.3 is 9.64 Å². The fourth-order valence-electron chi connectivity index (χ4n) is 2.69. The molecule has 0 N–H and O–H groups in total. The first kappa shape index (κ1) is 20.8. The summed E-state index contributed by atoms with van der Waals surface area (Å²) in [4.78, 5) is 13.3. The Kier molecular flexibility index (Phi) is 6.12. The zero-order chi connectivity index (χ0) is 19.7. The SMILES string of the molecule is CC(C)C(=O)N1CCC(S(=O)(=O)c2ccc(OCC(F)(F)F)cc2Cl)C1. The van der Waals surface area contributed by atoms with Crippen LogP contribution in [0.2, 0.25) is 5.02 Å². The van der Waals surface area contributed by atoms with E-state index in [4.69, 9.17) is 11.6 Å². The maximum absolute atomic E-state index is 12.8. The Hall–Kier alpha value is -1.48. The smallest absolute Gasteiger partial charge is 0.422 e. The van der Waals surface area contributed by atoms with Gasteiger partial charge in [0.15, 0.2) is 16.4 Å². The highest BCUT2D eigenvalue weighted by molar-refractivity contribution is 7.92. The largest absolute Gasteiger partial charge is 0.484 e. The summed E-state index contributed by atoms with van der Waals surface area (Å²) < 4.78 is 66.7. The van der Waals surface area contributed by atoms with Gasteiger partial charge in [-0.2, -0.15) is 13.2 Å². The van der Waals surface area contributed by atoms with Crippen molar-refractivity contribution in [2.24, 2.45) is 5.92 Å². The number of carbonyl (C=O) groups excluding carboxylic acids is 1. The van der Waals surface area contributed by atoms with Gasteiger partial charge >= 0.3 is 6.18 Å². The molecule has 146 valence electrons. The van der Waals surface area contributed by atoms with Gasteiger partial charge in [0.25, 0.3) is 0 Å². The lowest BCUT2D eigenvalue weighted by atomic mass is 10.2. The number of benzene rings is 1. The average molecular weight is 414 g/mol. The second-order valence-corrected chi connectivity index (χ2v) is 8.99. The van der Waals surface area contributed by atoms with Crippen LogP contribution in [-0.4, -0.2) is 50.3 Å². The molecular weight excluding hydrogens is 395 g/mol. The van der Waals surface area contributed by atoms with Crippen molar-refractivity contribution >= 4 is 27.3 Å². The van der Waals surface area contributed by atoms with E-state index in [1.807, 2.05) is 0 Å². The number of rotatable bonds is 5. The van der Waals surface area contributed by atoms with Crippen LogP contribution in [0.1, 0.15) is 20.3 Å². The highest BCUT2D eigenvalue weighted by Gasteiger charge is 2.37. The summed E-state index contributed by atoms with van der Waals surface area (Å²) in [5, 5.41) is -1.01. The van der Waals surface area contributed by atoms with Gasteiger partial charge in [0.05, 0.1) is 15.2 Å². The van der Waals surface area contributed by atoms with Gasteiger partial charge in [-0.05, 0) is 18.6 Å². The molecule has 1 aromatic rings. The van der Waals surface area contributed by atoms with E-state index in [0.717, 1.165) is 18.2 Å². The first-order chi connectivity index (χ1) is 11.9. The number of hydrogen-bond acceptors (Lipinski definition) is 4. The van der Waals surface area contributed by atoms with Crippen molar-refractivity contribution in [2.75, 3.05) is 19.7 Å². The first-order valence-electron chi connectivity index (χ1n) is 7.93. The molecule has 0 aliphatic carbocycles. The zero-order valence-electron chi connectivity index (χ0n) is 14.2. The molecule has 2 rings (SSSR count). The summed E-state index contributed by atoms with van der Waals surface area (Å²) in [6.07, 6.45) is -4.23. The molecule has 1 amide bonds. The van der Waals surface area contributed by atoms with E-state index >= 15 is 0 Å². The topological polar surface area (TPSA) is 63.7 Å². The molecule has 1 saturated heterocycles. The van der Waals surface area contributed by atoms with E-state index in [9.17, 15) is 26.4 Å². The molecule has 5 nitrogen and oxygen atoms in total. The number of sulfone groups is 1. The van der Waals surface area contributed by atoms with E-state index < -0.39 is 27.9 Å². The minimum atomic E-state index is -4.51. The second-order valence-electron chi connectivity index (χ2n) is 6.39. The molecular formula is C16H19ClF3NO4S. The Balaban J connectivity index is 2.16. The number of carbonyl (C=O) groups is 1. The molecule has 10 heteroatoms. The molecule has 1 aliphatic rings. The van der Waals surface area contributed by atoms with Gasteiger partial charge in [-0.25, -0.2) is 8.42 Å². The zero-order valence-corrected chi connectivity index (χ0v) is 15.8. The molecule has 1 heterocycles. The molecule has 0 bridgehead atoms. The van der Waals surface area contributed by atoms with Crippen LogP contribution >= 0.6 is 11.6 Å². The van der Waals surface area contributed by atoms with Crippen molar-refractivity contribution in [1.29, 1.82) is 0 Å². The van der Waals surface area contributed by atoms with Crippen molar-refractivity contribution in [2.45, 2.75) is 36.6 Å². The highest BCUT2D eigenvalue weighted by atomic mass is 35.5. The van der Waals surface area contributed by atoms with Gasteiger partial charge in [0, 0.05) is 25.1 Å². The second kappa shape index (κ2) is 7.64. The standard InChI is InChI=1S/C16H19ClF3NO4S/c1-10(2)15(22)21-6-5-12(8-21)26(23,24)14-4-3-11(7-13(14)17)25-9-16(18,19)20/h3-4,7,10,12H,5-6,8-9H2,1-2H3.